The van der Waals surface area contributed by atoms with Crippen LogP contribution in [0.25, 0.3) is 0 Å². The SMILES string of the molecule is CCC(C)(CO)CNCCCCOC. The Hall–Kier alpha value is -0.120. The number of nitrogens with one attached hydrogen (secondary N) is 1. The lowest BCUT2D eigenvalue weighted by Crippen LogP contribution is -2.34. The number of hydrogen-bond donors (Lipinski definition) is 2. The third-order valence-electron chi connectivity index (χ3n) is 2.74. The lowest BCUT2D eigenvalue weighted by molar-refractivity contribution is 0.135. The maximum absolute atomic E-state index is 9.17. The standard InChI is InChI=1S/C11H25NO2/c1-4-11(2,10-13)9-12-7-5-6-8-14-3/h12-13H,4-10H2,1-3H3. The molecule has 0 aliphatic heterocycles. The molecular weight excluding hydrogens is 178 g/mol. The Balaban J connectivity index is 3.34. The van der Waals surface area contributed by atoms with Gasteiger partial charge in [0.2, 0.25) is 0 Å². The fourth-order valence-electron chi connectivity index (χ4n) is 1.18. The first-order valence-electron chi connectivity index (χ1n) is 5.49. The van der Waals surface area contributed by atoms with Crippen molar-refractivity contribution >= 4 is 0 Å². The first kappa shape index (κ1) is 13.9. The molecule has 3 heteroatoms. The van der Waals surface area contributed by atoms with Gasteiger partial charge in [-0.05, 0) is 25.8 Å². The van der Waals surface area contributed by atoms with Gasteiger partial charge in [0.05, 0.1) is 0 Å². The lowest BCUT2D eigenvalue weighted by atomic mass is 9.89. The molecule has 2 N–H and O–H groups in total. The zero-order valence-corrected chi connectivity index (χ0v) is 9.81. The second-order valence-corrected chi connectivity index (χ2v) is 4.20. The Morgan fingerprint density at radius 3 is 2.57 bits per heavy atom. The number of unbranched alkanes of at least 4 members (excludes halogenated alkanes) is 1. The van der Waals surface area contributed by atoms with E-state index in [0.29, 0.717) is 0 Å². The maximum Gasteiger partial charge on any atom is 0.0496 e. The smallest absolute Gasteiger partial charge is 0.0496 e. The molecule has 86 valence electrons. The van der Waals surface area contributed by atoms with E-state index in [2.05, 4.69) is 19.2 Å². The third-order valence-corrected chi connectivity index (χ3v) is 2.74. The fraction of sp³-hybridized carbons (Fsp3) is 1.00. The first-order chi connectivity index (χ1) is 6.68. The number of ether oxygens (including phenoxy) is 1. The van der Waals surface area contributed by atoms with Crippen LogP contribution in [0.4, 0.5) is 0 Å². The van der Waals surface area contributed by atoms with Crippen molar-refractivity contribution in [3.63, 3.8) is 0 Å². The summed E-state index contributed by atoms with van der Waals surface area (Å²) in [5, 5.41) is 12.5. The molecule has 0 rings (SSSR count). The summed E-state index contributed by atoms with van der Waals surface area (Å²) in [6.45, 7) is 7.23. The van der Waals surface area contributed by atoms with Crippen LogP contribution in [0.2, 0.25) is 0 Å². The molecule has 3 nitrogen and oxygen atoms in total. The molecule has 14 heavy (non-hydrogen) atoms. The van der Waals surface area contributed by atoms with Gasteiger partial charge in [0.25, 0.3) is 0 Å². The van der Waals surface area contributed by atoms with Crippen LogP contribution in [0.1, 0.15) is 33.1 Å². The summed E-state index contributed by atoms with van der Waals surface area (Å²) >= 11 is 0. The monoisotopic (exact) mass is 203 g/mol. The summed E-state index contributed by atoms with van der Waals surface area (Å²) in [5.74, 6) is 0. The van der Waals surface area contributed by atoms with Gasteiger partial charge in [0, 0.05) is 32.3 Å². The van der Waals surface area contributed by atoms with Crippen molar-refractivity contribution in [2.24, 2.45) is 5.41 Å². The lowest BCUT2D eigenvalue weighted by Gasteiger charge is -2.25. The van der Waals surface area contributed by atoms with E-state index in [4.69, 9.17) is 9.84 Å². The molecule has 0 aromatic rings. The predicted molar refractivity (Wildman–Crippen MR) is 59.5 cm³/mol. The molecule has 0 aromatic carbocycles. The van der Waals surface area contributed by atoms with Crippen LogP contribution < -0.4 is 5.32 Å². The van der Waals surface area contributed by atoms with Crippen LogP contribution in [-0.4, -0.2) is 38.5 Å². The summed E-state index contributed by atoms with van der Waals surface area (Å²) in [7, 11) is 1.73. The van der Waals surface area contributed by atoms with Gasteiger partial charge in [0.1, 0.15) is 0 Å². The van der Waals surface area contributed by atoms with Gasteiger partial charge in [-0.3, -0.25) is 0 Å². The minimum atomic E-state index is 0.0429. The van der Waals surface area contributed by atoms with E-state index in [1.165, 1.54) is 0 Å². The van der Waals surface area contributed by atoms with E-state index in [0.717, 1.165) is 39.0 Å². The van der Waals surface area contributed by atoms with E-state index in [9.17, 15) is 0 Å². The highest BCUT2D eigenvalue weighted by molar-refractivity contribution is 4.73. The van der Waals surface area contributed by atoms with Crippen molar-refractivity contribution in [2.75, 3.05) is 33.4 Å². The molecule has 0 bridgehead atoms. The zero-order valence-electron chi connectivity index (χ0n) is 9.81. The van der Waals surface area contributed by atoms with E-state index < -0.39 is 0 Å². The fourth-order valence-corrected chi connectivity index (χ4v) is 1.18. The number of rotatable bonds is 9. The molecule has 1 unspecified atom stereocenters. The van der Waals surface area contributed by atoms with E-state index in [1.807, 2.05) is 0 Å². The zero-order chi connectivity index (χ0) is 10.9. The number of hydrogen-bond acceptors (Lipinski definition) is 3. The summed E-state index contributed by atoms with van der Waals surface area (Å²) < 4.78 is 4.96. The van der Waals surface area contributed by atoms with Crippen molar-refractivity contribution in [3.05, 3.63) is 0 Å². The largest absolute Gasteiger partial charge is 0.396 e. The van der Waals surface area contributed by atoms with E-state index in [-0.39, 0.29) is 12.0 Å². The van der Waals surface area contributed by atoms with Gasteiger partial charge < -0.3 is 15.2 Å². The second-order valence-electron chi connectivity index (χ2n) is 4.20. The third kappa shape index (κ3) is 6.35. The van der Waals surface area contributed by atoms with Crippen molar-refractivity contribution in [1.29, 1.82) is 0 Å². The summed E-state index contributed by atoms with van der Waals surface area (Å²) in [4.78, 5) is 0. The van der Waals surface area contributed by atoms with Crippen LogP contribution in [0.15, 0.2) is 0 Å². The molecule has 0 aliphatic rings. The normalized spacial score (nSPS) is 15.4. The van der Waals surface area contributed by atoms with Crippen molar-refractivity contribution in [2.45, 2.75) is 33.1 Å². The minimum absolute atomic E-state index is 0.0429. The van der Waals surface area contributed by atoms with Gasteiger partial charge in [-0.2, -0.15) is 0 Å². The van der Waals surface area contributed by atoms with Gasteiger partial charge >= 0.3 is 0 Å². The number of aliphatic hydroxyl groups is 1. The van der Waals surface area contributed by atoms with Crippen molar-refractivity contribution in [1.82, 2.24) is 5.32 Å². The van der Waals surface area contributed by atoms with Crippen LogP contribution in [0.3, 0.4) is 0 Å². The Labute approximate surface area is 87.8 Å². The molecule has 1 atom stereocenters. The Bertz CT molecular complexity index is 124. The molecule has 0 saturated carbocycles. The molecular formula is C11H25NO2. The summed E-state index contributed by atoms with van der Waals surface area (Å²) in [6.07, 6.45) is 3.25. The van der Waals surface area contributed by atoms with Crippen LogP contribution >= 0.6 is 0 Å². The van der Waals surface area contributed by atoms with E-state index in [1.54, 1.807) is 7.11 Å². The minimum Gasteiger partial charge on any atom is -0.396 e. The Morgan fingerprint density at radius 2 is 2.07 bits per heavy atom. The highest BCUT2D eigenvalue weighted by Gasteiger charge is 2.19. The molecule has 0 heterocycles. The predicted octanol–water partition coefficient (Wildman–Crippen LogP) is 1.41. The highest BCUT2D eigenvalue weighted by Crippen LogP contribution is 2.18. The van der Waals surface area contributed by atoms with Crippen molar-refractivity contribution in [3.8, 4) is 0 Å². The molecule has 0 aliphatic carbocycles. The van der Waals surface area contributed by atoms with Gasteiger partial charge in [-0.1, -0.05) is 13.8 Å². The Morgan fingerprint density at radius 1 is 1.36 bits per heavy atom. The molecule has 0 aromatic heterocycles. The maximum atomic E-state index is 9.17. The summed E-state index contributed by atoms with van der Waals surface area (Å²) in [6, 6.07) is 0. The Kier molecular flexibility index (Phi) is 8.14. The molecule has 0 fully saturated rings. The van der Waals surface area contributed by atoms with Crippen LogP contribution in [0, 0.1) is 5.41 Å². The molecule has 0 amide bonds. The van der Waals surface area contributed by atoms with Crippen LogP contribution in [0.5, 0.6) is 0 Å². The number of aliphatic hydroxyl groups excluding tert-OH is 1. The average molecular weight is 203 g/mol. The second kappa shape index (κ2) is 8.21. The molecule has 0 saturated heterocycles. The van der Waals surface area contributed by atoms with Crippen molar-refractivity contribution < 1.29 is 9.84 Å². The van der Waals surface area contributed by atoms with Crippen LogP contribution in [-0.2, 0) is 4.74 Å². The highest BCUT2D eigenvalue weighted by atomic mass is 16.5. The van der Waals surface area contributed by atoms with E-state index >= 15 is 0 Å². The van der Waals surface area contributed by atoms with Gasteiger partial charge in [-0.25, -0.2) is 0 Å². The molecule has 0 radical (unpaired) electrons. The average Bonchev–Trinajstić information content (AvgIpc) is 2.23. The summed E-state index contributed by atoms with van der Waals surface area (Å²) in [5.41, 5.74) is 0.0429. The quantitative estimate of drug-likeness (QED) is 0.557. The molecule has 0 spiro atoms. The topological polar surface area (TPSA) is 41.5 Å². The van der Waals surface area contributed by atoms with Gasteiger partial charge in [-0.15, -0.1) is 0 Å². The van der Waals surface area contributed by atoms with Gasteiger partial charge in [0.15, 0.2) is 0 Å². The number of methoxy groups -OCH3 is 1. The first-order valence-corrected chi connectivity index (χ1v) is 5.49.